The summed E-state index contributed by atoms with van der Waals surface area (Å²) < 4.78 is 13.4. The molecule has 1 aliphatic rings. The van der Waals surface area contributed by atoms with Gasteiger partial charge in [0.25, 0.3) is 0 Å². The van der Waals surface area contributed by atoms with Gasteiger partial charge < -0.3 is 14.4 Å². The Hall–Kier alpha value is -2.35. The highest BCUT2D eigenvalue weighted by molar-refractivity contribution is 7.71. The van der Waals surface area contributed by atoms with Crippen molar-refractivity contribution in [3.8, 4) is 11.5 Å². The van der Waals surface area contributed by atoms with E-state index >= 15 is 0 Å². The third-order valence-electron chi connectivity index (χ3n) is 4.32. The minimum atomic E-state index is 0.0113. The van der Waals surface area contributed by atoms with Crippen molar-refractivity contribution in [1.82, 2.24) is 19.7 Å². The van der Waals surface area contributed by atoms with Crippen molar-refractivity contribution >= 4 is 18.1 Å². The van der Waals surface area contributed by atoms with Crippen molar-refractivity contribution in [2.75, 3.05) is 19.8 Å². The number of fused-ring (bicyclic) bond motifs is 1. The number of rotatable bonds is 7. The first-order valence-electron chi connectivity index (χ1n) is 8.92. The van der Waals surface area contributed by atoms with Gasteiger partial charge in [0.2, 0.25) is 5.91 Å². The van der Waals surface area contributed by atoms with Crippen LogP contribution in [0.3, 0.4) is 0 Å². The van der Waals surface area contributed by atoms with E-state index in [1.165, 1.54) is 0 Å². The van der Waals surface area contributed by atoms with Crippen molar-refractivity contribution in [1.29, 1.82) is 0 Å². The van der Waals surface area contributed by atoms with Gasteiger partial charge in [0, 0.05) is 19.5 Å². The van der Waals surface area contributed by atoms with Crippen LogP contribution in [0, 0.1) is 4.77 Å². The minimum absolute atomic E-state index is 0.0113. The summed E-state index contributed by atoms with van der Waals surface area (Å²) in [6, 6.07) is 5.81. The van der Waals surface area contributed by atoms with Crippen molar-refractivity contribution in [2.45, 2.75) is 39.8 Å². The van der Waals surface area contributed by atoms with Crippen LogP contribution in [0.2, 0.25) is 0 Å². The van der Waals surface area contributed by atoms with E-state index in [9.17, 15) is 4.79 Å². The Kier molecular flexibility index (Phi) is 5.92. The first kappa shape index (κ1) is 18.4. The predicted molar refractivity (Wildman–Crippen MR) is 99.9 cm³/mol. The molecule has 0 unspecified atom stereocenters. The monoisotopic (exact) mass is 376 g/mol. The number of hydrogen-bond acceptors (Lipinski definition) is 5. The van der Waals surface area contributed by atoms with Gasteiger partial charge in [0.05, 0.1) is 0 Å². The van der Waals surface area contributed by atoms with Gasteiger partial charge in [0.1, 0.15) is 25.6 Å². The number of aryl methyl sites for hydroxylation is 1. The second kappa shape index (κ2) is 8.35. The van der Waals surface area contributed by atoms with Crippen molar-refractivity contribution in [3.63, 3.8) is 0 Å². The van der Waals surface area contributed by atoms with Crippen LogP contribution < -0.4 is 9.47 Å². The lowest BCUT2D eigenvalue weighted by molar-refractivity contribution is -0.132. The molecular formula is C18H24N4O3S. The number of carbonyl (C=O) groups excluding carboxylic acids is 1. The van der Waals surface area contributed by atoms with E-state index < -0.39 is 0 Å². The van der Waals surface area contributed by atoms with Gasteiger partial charge in [-0.3, -0.25) is 14.5 Å². The molecule has 3 rings (SSSR count). The van der Waals surface area contributed by atoms with E-state index in [4.69, 9.17) is 21.7 Å². The highest BCUT2D eigenvalue weighted by Gasteiger charge is 2.18. The molecule has 0 atom stereocenters. The van der Waals surface area contributed by atoms with Gasteiger partial charge in [-0.2, -0.15) is 5.10 Å². The zero-order chi connectivity index (χ0) is 18.5. The van der Waals surface area contributed by atoms with Crippen LogP contribution in [-0.2, 0) is 24.3 Å². The summed E-state index contributed by atoms with van der Waals surface area (Å²) in [6.45, 7) is 6.48. The second-order valence-electron chi connectivity index (χ2n) is 6.17. The fourth-order valence-electron chi connectivity index (χ4n) is 2.95. The molecule has 2 aromatic rings. The Morgan fingerprint density at radius 3 is 2.81 bits per heavy atom. The molecule has 0 radical (unpaired) electrons. The number of nitrogens with one attached hydrogen (secondary N) is 1. The number of ether oxygens (including phenoxy) is 2. The van der Waals surface area contributed by atoms with Gasteiger partial charge in [0.15, 0.2) is 16.3 Å². The molecule has 8 heteroatoms. The van der Waals surface area contributed by atoms with Gasteiger partial charge >= 0.3 is 0 Å². The largest absolute Gasteiger partial charge is 0.486 e. The summed E-state index contributed by atoms with van der Waals surface area (Å²) >= 11 is 5.27. The SMILES string of the molecule is CCCc1n[nH]c(=S)n1CC(=O)N(CC)Cc1ccc2c(c1)OCCO2. The summed E-state index contributed by atoms with van der Waals surface area (Å²) in [5.74, 6) is 2.32. The van der Waals surface area contributed by atoms with Gasteiger partial charge in [-0.15, -0.1) is 0 Å². The zero-order valence-electron chi connectivity index (χ0n) is 15.2. The fourth-order valence-corrected chi connectivity index (χ4v) is 3.16. The second-order valence-corrected chi connectivity index (χ2v) is 6.55. The van der Waals surface area contributed by atoms with Crippen LogP contribution in [0.25, 0.3) is 0 Å². The Bertz CT molecular complexity index is 830. The van der Waals surface area contributed by atoms with Crippen molar-refractivity contribution < 1.29 is 14.3 Å². The number of nitrogens with zero attached hydrogens (tertiary/aromatic N) is 3. The number of H-pyrrole nitrogens is 1. The van der Waals surface area contributed by atoms with Crippen LogP contribution in [0.1, 0.15) is 31.7 Å². The first-order valence-corrected chi connectivity index (χ1v) is 9.33. The number of hydrogen-bond donors (Lipinski definition) is 1. The summed E-state index contributed by atoms with van der Waals surface area (Å²) in [6.07, 6.45) is 1.73. The molecule has 26 heavy (non-hydrogen) atoms. The van der Waals surface area contributed by atoms with E-state index in [2.05, 4.69) is 17.1 Å². The number of carbonyl (C=O) groups is 1. The molecule has 0 spiro atoms. The summed E-state index contributed by atoms with van der Waals surface area (Å²) in [5.41, 5.74) is 1.01. The Labute approximate surface area is 157 Å². The Morgan fingerprint density at radius 1 is 1.31 bits per heavy atom. The van der Waals surface area contributed by atoms with Gasteiger partial charge in [-0.05, 0) is 43.3 Å². The zero-order valence-corrected chi connectivity index (χ0v) is 16.0. The van der Waals surface area contributed by atoms with Crippen LogP contribution in [0.15, 0.2) is 18.2 Å². The van der Waals surface area contributed by atoms with Gasteiger partial charge in [-0.25, -0.2) is 0 Å². The predicted octanol–water partition coefficient (Wildman–Crippen LogP) is 2.71. The molecule has 1 aromatic carbocycles. The van der Waals surface area contributed by atoms with Crippen molar-refractivity contribution in [2.24, 2.45) is 0 Å². The lowest BCUT2D eigenvalue weighted by Gasteiger charge is -2.23. The highest BCUT2D eigenvalue weighted by atomic mass is 32.1. The molecule has 140 valence electrons. The van der Waals surface area contributed by atoms with Crippen LogP contribution in [-0.4, -0.2) is 45.3 Å². The minimum Gasteiger partial charge on any atom is -0.486 e. The molecule has 0 aliphatic carbocycles. The molecule has 1 aromatic heterocycles. The van der Waals surface area contributed by atoms with E-state index in [1.807, 2.05) is 25.1 Å². The number of benzene rings is 1. The lowest BCUT2D eigenvalue weighted by Crippen LogP contribution is -2.33. The summed E-state index contributed by atoms with van der Waals surface area (Å²) in [4.78, 5) is 14.6. The smallest absolute Gasteiger partial charge is 0.242 e. The standard InChI is InChI=1S/C18H24N4O3S/c1-3-5-16-19-20-18(26)22(16)12-17(23)21(4-2)11-13-6-7-14-15(10-13)25-9-8-24-14/h6-7,10H,3-5,8-9,11-12H2,1-2H3,(H,20,26). The Morgan fingerprint density at radius 2 is 2.08 bits per heavy atom. The van der Waals surface area contributed by atoms with Gasteiger partial charge in [-0.1, -0.05) is 13.0 Å². The topological polar surface area (TPSA) is 72.4 Å². The van der Waals surface area contributed by atoms with Crippen LogP contribution in [0.5, 0.6) is 11.5 Å². The maximum Gasteiger partial charge on any atom is 0.242 e. The normalized spacial score (nSPS) is 12.8. The first-order chi connectivity index (χ1) is 12.6. The third-order valence-corrected chi connectivity index (χ3v) is 4.63. The molecule has 7 nitrogen and oxygen atoms in total. The molecule has 0 bridgehead atoms. The number of amides is 1. The van der Waals surface area contributed by atoms with Crippen molar-refractivity contribution in [3.05, 3.63) is 34.4 Å². The average Bonchev–Trinajstić information content (AvgIpc) is 2.99. The van der Waals surface area contributed by atoms with Crippen LogP contribution in [0.4, 0.5) is 0 Å². The molecule has 2 heterocycles. The molecule has 0 fully saturated rings. The molecule has 1 aliphatic heterocycles. The van der Waals surface area contributed by atoms with E-state index in [1.54, 1.807) is 9.47 Å². The fraction of sp³-hybridized carbons (Fsp3) is 0.500. The van der Waals surface area contributed by atoms with E-state index in [0.717, 1.165) is 35.7 Å². The summed E-state index contributed by atoms with van der Waals surface area (Å²) in [5, 5.41) is 7.00. The maximum atomic E-state index is 12.8. The Balaban J connectivity index is 1.71. The van der Waals surface area contributed by atoms with Crippen LogP contribution >= 0.6 is 12.2 Å². The third kappa shape index (κ3) is 4.07. The number of aromatic amines is 1. The lowest BCUT2D eigenvalue weighted by atomic mass is 10.1. The number of aromatic nitrogens is 3. The molecule has 0 saturated carbocycles. The number of likely N-dealkylation sites (N-methyl/N-ethyl adjacent to an activating group) is 1. The average molecular weight is 376 g/mol. The highest BCUT2D eigenvalue weighted by Crippen LogP contribution is 2.31. The van der Waals surface area contributed by atoms with E-state index in [0.29, 0.717) is 31.1 Å². The molecular weight excluding hydrogens is 352 g/mol. The summed E-state index contributed by atoms with van der Waals surface area (Å²) in [7, 11) is 0. The quantitative estimate of drug-likeness (QED) is 0.752. The maximum absolute atomic E-state index is 12.8. The molecule has 1 N–H and O–H groups in total. The molecule has 0 saturated heterocycles. The molecule has 1 amide bonds. The van der Waals surface area contributed by atoms with E-state index in [-0.39, 0.29) is 12.5 Å².